The van der Waals surface area contributed by atoms with E-state index < -0.39 is 23.5 Å². The summed E-state index contributed by atoms with van der Waals surface area (Å²) in [7, 11) is 0. The molecule has 0 aliphatic heterocycles. The average Bonchev–Trinajstić information content (AvgIpc) is 3.09. The van der Waals surface area contributed by atoms with E-state index in [0.717, 1.165) is 0 Å². The molecule has 1 heterocycles. The number of aromatic nitrogens is 3. The van der Waals surface area contributed by atoms with E-state index in [0.29, 0.717) is 29.0 Å². The van der Waals surface area contributed by atoms with E-state index >= 15 is 0 Å². The van der Waals surface area contributed by atoms with Crippen molar-refractivity contribution in [2.45, 2.75) is 18.8 Å². The van der Waals surface area contributed by atoms with Crippen molar-refractivity contribution in [3.8, 4) is 17.3 Å². The summed E-state index contributed by atoms with van der Waals surface area (Å²) in [5, 5.41) is 18.7. The zero-order valence-corrected chi connectivity index (χ0v) is 13.9. The van der Waals surface area contributed by atoms with Crippen LogP contribution >= 0.6 is 0 Å². The Kier molecular flexibility index (Phi) is 4.85. The number of halogens is 6. The Hall–Kier alpha value is -3.35. The Labute approximate surface area is 154 Å². The normalized spacial score (nSPS) is 12.0. The summed E-state index contributed by atoms with van der Waals surface area (Å²) in [6.45, 7) is 0. The Balaban J connectivity index is 1.92. The van der Waals surface area contributed by atoms with Gasteiger partial charge in [-0.05, 0) is 35.7 Å². The van der Waals surface area contributed by atoms with E-state index in [4.69, 9.17) is 5.26 Å². The van der Waals surface area contributed by atoms with E-state index in [2.05, 4.69) is 15.4 Å². The maximum absolute atomic E-state index is 12.9. The summed E-state index contributed by atoms with van der Waals surface area (Å²) >= 11 is 0. The van der Waals surface area contributed by atoms with Crippen molar-refractivity contribution in [1.82, 2.24) is 15.4 Å². The van der Waals surface area contributed by atoms with Crippen LogP contribution in [0.4, 0.5) is 26.3 Å². The first-order chi connectivity index (χ1) is 13.1. The molecule has 0 amide bonds. The molecule has 3 rings (SSSR count). The summed E-state index contributed by atoms with van der Waals surface area (Å²) in [5.41, 5.74) is -1.35. The number of alkyl halides is 6. The lowest BCUT2D eigenvalue weighted by Gasteiger charge is -2.14. The van der Waals surface area contributed by atoms with Gasteiger partial charge < -0.3 is 0 Å². The largest absolute Gasteiger partial charge is 0.416 e. The van der Waals surface area contributed by atoms with Gasteiger partial charge in [-0.2, -0.15) is 31.6 Å². The number of rotatable bonds is 3. The van der Waals surface area contributed by atoms with Crippen LogP contribution in [0.5, 0.6) is 0 Å². The van der Waals surface area contributed by atoms with E-state index in [9.17, 15) is 26.3 Å². The third-order valence-electron chi connectivity index (χ3n) is 3.94. The fourth-order valence-corrected chi connectivity index (χ4v) is 2.65. The van der Waals surface area contributed by atoms with Crippen LogP contribution in [0.25, 0.3) is 11.3 Å². The van der Waals surface area contributed by atoms with Crippen molar-refractivity contribution in [2.75, 3.05) is 0 Å². The van der Waals surface area contributed by atoms with Crippen LogP contribution in [0, 0.1) is 11.3 Å². The summed E-state index contributed by atoms with van der Waals surface area (Å²) in [6, 6.07) is 9.58. The lowest BCUT2D eigenvalue weighted by atomic mass is 9.98. The second-order valence-corrected chi connectivity index (χ2v) is 5.94. The van der Waals surface area contributed by atoms with Gasteiger partial charge in [-0.3, -0.25) is 0 Å². The lowest BCUT2D eigenvalue weighted by Crippen LogP contribution is -2.12. The minimum absolute atomic E-state index is 0.0978. The number of benzene rings is 2. The molecule has 0 spiro atoms. The van der Waals surface area contributed by atoms with Gasteiger partial charge in [0.25, 0.3) is 0 Å². The topological polar surface area (TPSA) is 65.4 Å². The van der Waals surface area contributed by atoms with Crippen LogP contribution < -0.4 is 0 Å². The predicted octanol–water partition coefficient (Wildman–Crippen LogP) is 4.97. The Bertz CT molecular complexity index is 994. The minimum Gasteiger partial charge on any atom is -0.247 e. The molecule has 3 aromatic rings. The molecule has 0 saturated heterocycles. The van der Waals surface area contributed by atoms with Crippen LogP contribution in [-0.2, 0) is 18.8 Å². The van der Waals surface area contributed by atoms with Crippen LogP contribution in [0.15, 0.2) is 42.5 Å². The summed E-state index contributed by atoms with van der Waals surface area (Å²) in [6.07, 6.45) is -9.90. The van der Waals surface area contributed by atoms with Crippen LogP contribution in [0.3, 0.4) is 0 Å². The lowest BCUT2D eigenvalue weighted by molar-refractivity contribution is -0.143. The van der Waals surface area contributed by atoms with Gasteiger partial charge >= 0.3 is 12.4 Å². The van der Waals surface area contributed by atoms with Gasteiger partial charge in [0.05, 0.1) is 11.1 Å². The van der Waals surface area contributed by atoms with Crippen molar-refractivity contribution in [3.05, 3.63) is 70.4 Å². The van der Waals surface area contributed by atoms with Gasteiger partial charge in [-0.1, -0.05) is 29.5 Å². The average molecular weight is 396 g/mol. The fraction of sp³-hybridized carbons (Fsp3) is 0.167. The fourth-order valence-electron chi connectivity index (χ4n) is 2.65. The van der Waals surface area contributed by atoms with Crippen molar-refractivity contribution in [1.29, 1.82) is 5.26 Å². The number of hydrogen-bond donors (Lipinski definition) is 1. The third kappa shape index (κ3) is 4.14. The minimum atomic E-state index is -4.89. The van der Waals surface area contributed by atoms with E-state index in [1.165, 1.54) is 0 Å². The second kappa shape index (κ2) is 6.99. The molecule has 1 N–H and O–H groups in total. The van der Waals surface area contributed by atoms with Crippen molar-refractivity contribution < 1.29 is 26.3 Å². The highest BCUT2D eigenvalue weighted by Gasteiger charge is 2.36. The highest BCUT2D eigenvalue weighted by molar-refractivity contribution is 5.64. The molecule has 0 saturated carbocycles. The van der Waals surface area contributed by atoms with Crippen LogP contribution in [0.1, 0.15) is 27.9 Å². The quantitative estimate of drug-likeness (QED) is 0.636. The zero-order valence-electron chi connectivity index (χ0n) is 13.9. The molecule has 0 radical (unpaired) electrons. The van der Waals surface area contributed by atoms with Gasteiger partial charge in [0, 0.05) is 5.56 Å². The summed E-state index contributed by atoms with van der Waals surface area (Å²) in [5.74, 6) is 0. The van der Waals surface area contributed by atoms with Gasteiger partial charge in [0.1, 0.15) is 11.8 Å². The number of nitriles is 1. The van der Waals surface area contributed by atoms with E-state index in [-0.39, 0.29) is 23.7 Å². The first-order valence-corrected chi connectivity index (χ1v) is 7.77. The number of H-pyrrole nitrogens is 1. The smallest absolute Gasteiger partial charge is 0.247 e. The molecule has 0 aliphatic rings. The molecule has 0 atom stereocenters. The number of nitrogens with zero attached hydrogens (tertiary/aromatic N) is 3. The van der Waals surface area contributed by atoms with Gasteiger partial charge in [0.2, 0.25) is 0 Å². The molecule has 0 fully saturated rings. The molecule has 10 heteroatoms. The molecule has 28 heavy (non-hydrogen) atoms. The second-order valence-electron chi connectivity index (χ2n) is 5.94. The maximum atomic E-state index is 12.9. The van der Waals surface area contributed by atoms with Crippen molar-refractivity contribution in [2.24, 2.45) is 0 Å². The highest BCUT2D eigenvalue weighted by atomic mass is 19.4. The van der Waals surface area contributed by atoms with E-state index in [1.54, 1.807) is 24.3 Å². The standard InChI is InChI=1S/C18H10F6N4/c19-17(20,21)13-6-11(7-14(8-13)18(22,23)24)5-10-1-3-12(4-2-10)16-15(9-25)26-28-27-16/h1-4,6-8H,5H2,(H,26,27,28). The Morgan fingerprint density at radius 3 is 1.93 bits per heavy atom. The molecular weight excluding hydrogens is 386 g/mol. The highest BCUT2D eigenvalue weighted by Crippen LogP contribution is 2.36. The molecule has 0 unspecified atom stereocenters. The van der Waals surface area contributed by atoms with Crippen molar-refractivity contribution >= 4 is 0 Å². The monoisotopic (exact) mass is 396 g/mol. The third-order valence-corrected chi connectivity index (χ3v) is 3.94. The molecule has 0 bridgehead atoms. The van der Waals surface area contributed by atoms with Crippen LogP contribution in [-0.4, -0.2) is 15.4 Å². The molecule has 144 valence electrons. The maximum Gasteiger partial charge on any atom is 0.416 e. The predicted molar refractivity (Wildman–Crippen MR) is 85.8 cm³/mol. The van der Waals surface area contributed by atoms with Crippen molar-refractivity contribution in [3.63, 3.8) is 0 Å². The Morgan fingerprint density at radius 2 is 1.43 bits per heavy atom. The molecule has 2 aromatic carbocycles. The van der Waals surface area contributed by atoms with Gasteiger partial charge in [-0.25, -0.2) is 5.10 Å². The number of aromatic amines is 1. The number of nitrogens with one attached hydrogen (secondary N) is 1. The zero-order chi connectivity index (χ0) is 20.5. The van der Waals surface area contributed by atoms with Gasteiger partial charge in [0.15, 0.2) is 5.69 Å². The first kappa shape index (κ1) is 19.4. The first-order valence-electron chi connectivity index (χ1n) is 7.77. The molecule has 1 aromatic heterocycles. The summed E-state index contributed by atoms with van der Waals surface area (Å²) < 4.78 is 77.7. The SMILES string of the molecule is N#Cc1[nH]nnc1-c1ccc(Cc2cc(C(F)(F)F)cc(C(F)(F)F)c2)cc1. The molecule has 0 aliphatic carbocycles. The molecule has 4 nitrogen and oxygen atoms in total. The van der Waals surface area contributed by atoms with Gasteiger partial charge in [-0.15, -0.1) is 5.10 Å². The Morgan fingerprint density at radius 1 is 0.857 bits per heavy atom. The molecular formula is C18H10F6N4. The van der Waals surface area contributed by atoms with Crippen LogP contribution in [0.2, 0.25) is 0 Å². The number of hydrogen-bond acceptors (Lipinski definition) is 3. The summed E-state index contributed by atoms with van der Waals surface area (Å²) in [4.78, 5) is 0. The van der Waals surface area contributed by atoms with E-state index in [1.807, 2.05) is 6.07 Å².